The number of hydrogen-bond donors (Lipinski definition) is 2. The van der Waals surface area contributed by atoms with Crippen molar-refractivity contribution in [1.29, 1.82) is 0 Å². The molecule has 3 N–H and O–H groups in total. The lowest BCUT2D eigenvalue weighted by Crippen LogP contribution is -2.23. The molecule has 0 radical (unpaired) electrons. The van der Waals surface area contributed by atoms with Gasteiger partial charge in [0.05, 0.1) is 10.4 Å². The molecule has 0 aliphatic rings. The van der Waals surface area contributed by atoms with Crippen LogP contribution in [0.4, 0.5) is 0 Å². The van der Waals surface area contributed by atoms with E-state index in [-0.39, 0.29) is 11.4 Å². The lowest BCUT2D eigenvalue weighted by molar-refractivity contribution is 0.581. The number of nitrogens with zero attached hydrogens (tertiary/aromatic N) is 1. The van der Waals surface area contributed by atoms with Gasteiger partial charge in [0, 0.05) is 28.6 Å². The number of sulfonamides is 1. The van der Waals surface area contributed by atoms with E-state index >= 15 is 0 Å². The Labute approximate surface area is 124 Å². The van der Waals surface area contributed by atoms with Gasteiger partial charge in [-0.1, -0.05) is 6.07 Å². The van der Waals surface area contributed by atoms with Gasteiger partial charge in [0.15, 0.2) is 0 Å². The first-order valence-electron chi connectivity index (χ1n) is 5.38. The summed E-state index contributed by atoms with van der Waals surface area (Å²) in [4.78, 5) is 4.95. The highest BCUT2D eigenvalue weighted by Gasteiger charge is 2.18. The van der Waals surface area contributed by atoms with Gasteiger partial charge in [-0.2, -0.15) is 0 Å². The van der Waals surface area contributed by atoms with Gasteiger partial charge < -0.3 is 5.73 Å². The first-order valence-corrected chi connectivity index (χ1v) is 8.54. The van der Waals surface area contributed by atoms with Crippen molar-refractivity contribution >= 4 is 37.3 Å². The highest BCUT2D eigenvalue weighted by atomic mass is 79.9. The van der Waals surface area contributed by atoms with Crippen molar-refractivity contribution in [2.24, 2.45) is 5.73 Å². The number of nitrogens with one attached hydrogen (secondary N) is 1. The Balaban J connectivity index is 2.23. The normalized spacial score (nSPS) is 11.7. The molecule has 8 heteroatoms. The molecule has 2 aromatic rings. The summed E-state index contributed by atoms with van der Waals surface area (Å²) in [5, 5.41) is 0. The zero-order valence-corrected chi connectivity index (χ0v) is 13.1. The number of halogens is 1. The molecule has 2 rings (SSSR count). The van der Waals surface area contributed by atoms with E-state index in [2.05, 4.69) is 25.6 Å². The predicted molar refractivity (Wildman–Crippen MR) is 78.2 cm³/mol. The maximum atomic E-state index is 12.2. The van der Waals surface area contributed by atoms with Crippen LogP contribution in [0, 0.1) is 0 Å². The number of benzene rings is 1. The second-order valence-electron chi connectivity index (χ2n) is 3.76. The molecule has 102 valence electrons. The fourth-order valence-electron chi connectivity index (χ4n) is 1.45. The number of hydrogen-bond acceptors (Lipinski definition) is 5. The lowest BCUT2D eigenvalue weighted by atomic mass is 10.2. The molecule has 0 bridgehead atoms. The second-order valence-corrected chi connectivity index (χ2v) is 7.32. The summed E-state index contributed by atoms with van der Waals surface area (Å²) in [6.07, 6.45) is 1.64. The summed E-state index contributed by atoms with van der Waals surface area (Å²) in [6, 6.07) is 5.04. The van der Waals surface area contributed by atoms with E-state index in [1.54, 1.807) is 29.9 Å². The van der Waals surface area contributed by atoms with Crippen LogP contribution >= 0.6 is 27.3 Å². The van der Waals surface area contributed by atoms with Crippen LogP contribution in [0.2, 0.25) is 0 Å². The van der Waals surface area contributed by atoms with Crippen molar-refractivity contribution in [2.45, 2.75) is 18.0 Å². The van der Waals surface area contributed by atoms with Crippen molar-refractivity contribution in [2.75, 3.05) is 0 Å². The number of aromatic nitrogens is 1. The van der Waals surface area contributed by atoms with Gasteiger partial charge in [0.2, 0.25) is 10.0 Å². The van der Waals surface area contributed by atoms with Gasteiger partial charge >= 0.3 is 0 Å². The minimum absolute atomic E-state index is 0.194. The van der Waals surface area contributed by atoms with E-state index in [0.717, 1.165) is 10.4 Å². The number of rotatable bonds is 5. The second kappa shape index (κ2) is 6.10. The first-order chi connectivity index (χ1) is 9.03. The molecule has 0 spiro atoms. The molecule has 0 amide bonds. The largest absolute Gasteiger partial charge is 0.326 e. The van der Waals surface area contributed by atoms with E-state index in [1.807, 2.05) is 0 Å². The SMILES string of the molecule is NCc1ccc(Br)c(S(=O)(=O)NCc2cncs2)c1. The zero-order chi connectivity index (χ0) is 13.9. The summed E-state index contributed by atoms with van der Waals surface area (Å²) < 4.78 is 27.5. The van der Waals surface area contributed by atoms with Gasteiger partial charge in [-0.3, -0.25) is 4.98 Å². The predicted octanol–water partition coefficient (Wildman–Crippen LogP) is 1.84. The minimum Gasteiger partial charge on any atom is -0.326 e. The molecule has 1 aromatic heterocycles. The fraction of sp³-hybridized carbons (Fsp3) is 0.182. The van der Waals surface area contributed by atoms with Crippen LogP contribution in [0.15, 0.2) is 39.3 Å². The van der Waals surface area contributed by atoms with Crippen molar-refractivity contribution < 1.29 is 8.42 Å². The van der Waals surface area contributed by atoms with E-state index in [1.165, 1.54) is 11.3 Å². The Hall–Kier alpha value is -0.800. The van der Waals surface area contributed by atoms with Crippen LogP contribution in [0.25, 0.3) is 0 Å². The molecule has 5 nitrogen and oxygen atoms in total. The molecule has 0 saturated carbocycles. The fourth-order valence-corrected chi connectivity index (χ4v) is 4.10. The molecule has 1 heterocycles. The molecule has 19 heavy (non-hydrogen) atoms. The summed E-state index contributed by atoms with van der Waals surface area (Å²) in [6.45, 7) is 0.525. The smallest absolute Gasteiger partial charge is 0.242 e. The van der Waals surface area contributed by atoms with E-state index in [9.17, 15) is 8.42 Å². The van der Waals surface area contributed by atoms with E-state index in [0.29, 0.717) is 11.0 Å². The third-order valence-electron chi connectivity index (χ3n) is 2.44. The molecule has 0 fully saturated rings. The number of thiazole rings is 1. The Bertz CT molecular complexity index is 657. The first kappa shape index (κ1) is 14.6. The Kier molecular flexibility index (Phi) is 4.69. The van der Waals surface area contributed by atoms with Crippen LogP contribution in [-0.2, 0) is 23.1 Å². The third kappa shape index (κ3) is 3.61. The standard InChI is InChI=1S/C11H12BrN3O2S2/c12-10-2-1-8(4-13)3-11(10)19(16,17)15-6-9-5-14-7-18-9/h1-3,5,7,15H,4,6,13H2. The van der Waals surface area contributed by atoms with Gasteiger partial charge in [-0.15, -0.1) is 11.3 Å². The summed E-state index contributed by atoms with van der Waals surface area (Å²) in [7, 11) is -3.57. The zero-order valence-electron chi connectivity index (χ0n) is 9.84. The maximum Gasteiger partial charge on any atom is 0.242 e. The topological polar surface area (TPSA) is 85.1 Å². The van der Waals surface area contributed by atoms with Crippen LogP contribution < -0.4 is 10.5 Å². The lowest BCUT2D eigenvalue weighted by Gasteiger charge is -2.09. The van der Waals surface area contributed by atoms with Crippen LogP contribution in [0.3, 0.4) is 0 Å². The van der Waals surface area contributed by atoms with Crippen molar-refractivity contribution in [3.8, 4) is 0 Å². The van der Waals surface area contributed by atoms with Crippen LogP contribution in [0.5, 0.6) is 0 Å². The molecule has 0 aliphatic carbocycles. The monoisotopic (exact) mass is 361 g/mol. The van der Waals surface area contributed by atoms with Crippen LogP contribution in [0.1, 0.15) is 10.4 Å². The number of nitrogens with two attached hydrogens (primary N) is 1. The Morgan fingerprint density at radius 1 is 1.42 bits per heavy atom. The molecular weight excluding hydrogens is 350 g/mol. The summed E-state index contributed by atoms with van der Waals surface area (Å²) in [5.74, 6) is 0. The van der Waals surface area contributed by atoms with E-state index < -0.39 is 10.0 Å². The molecular formula is C11H12BrN3O2S2. The minimum atomic E-state index is -3.57. The molecule has 0 aliphatic heterocycles. The molecule has 0 saturated heterocycles. The molecule has 0 atom stereocenters. The summed E-state index contributed by atoms with van der Waals surface area (Å²) in [5.41, 5.74) is 7.95. The van der Waals surface area contributed by atoms with Gasteiger partial charge in [0.25, 0.3) is 0 Å². The molecule has 0 unspecified atom stereocenters. The Morgan fingerprint density at radius 3 is 2.84 bits per heavy atom. The van der Waals surface area contributed by atoms with Crippen molar-refractivity contribution in [1.82, 2.24) is 9.71 Å². The maximum absolute atomic E-state index is 12.2. The van der Waals surface area contributed by atoms with E-state index in [4.69, 9.17) is 5.73 Å². The summed E-state index contributed by atoms with van der Waals surface area (Å²) >= 11 is 4.65. The highest BCUT2D eigenvalue weighted by Crippen LogP contribution is 2.23. The third-order valence-corrected chi connectivity index (χ3v) is 5.62. The Morgan fingerprint density at radius 2 is 2.21 bits per heavy atom. The van der Waals surface area contributed by atoms with Crippen LogP contribution in [-0.4, -0.2) is 13.4 Å². The quantitative estimate of drug-likeness (QED) is 0.850. The average Bonchev–Trinajstić information content (AvgIpc) is 2.90. The van der Waals surface area contributed by atoms with Gasteiger partial charge in [-0.05, 0) is 33.6 Å². The highest BCUT2D eigenvalue weighted by molar-refractivity contribution is 9.10. The van der Waals surface area contributed by atoms with Crippen molar-refractivity contribution in [3.05, 3.63) is 44.8 Å². The molecule has 1 aromatic carbocycles. The van der Waals surface area contributed by atoms with Gasteiger partial charge in [0.1, 0.15) is 0 Å². The average molecular weight is 362 g/mol. The van der Waals surface area contributed by atoms with Gasteiger partial charge in [-0.25, -0.2) is 13.1 Å². The van der Waals surface area contributed by atoms with Crippen molar-refractivity contribution in [3.63, 3.8) is 0 Å².